The fourth-order valence-electron chi connectivity index (χ4n) is 3.49. The highest BCUT2D eigenvalue weighted by molar-refractivity contribution is 5.92. The highest BCUT2D eigenvalue weighted by Crippen LogP contribution is 2.24. The Hall–Kier alpha value is -2.14. The summed E-state index contributed by atoms with van der Waals surface area (Å²) in [7, 11) is 0. The van der Waals surface area contributed by atoms with Crippen LogP contribution in [0.2, 0.25) is 0 Å². The zero-order valence-electron chi connectivity index (χ0n) is 14.7. The second kappa shape index (κ2) is 8.30. The Labute approximate surface area is 148 Å². The number of hydrogen-bond acceptors (Lipinski definition) is 2. The number of rotatable bonds is 6. The standard InChI is InChI=1S/C20H25FN2O2/c1-15-7-4-5-13-23(15)14-6-12-22-20(24)19-11-10-18(25-19)16-8-2-3-9-17(16)21/h2-3,8-11,15H,4-7,12-14H2,1H3,(H,22,24)/p+1/t15-/m0/s1. The summed E-state index contributed by atoms with van der Waals surface area (Å²) in [6.07, 6.45) is 4.89. The van der Waals surface area contributed by atoms with Crippen LogP contribution >= 0.6 is 0 Å². The summed E-state index contributed by atoms with van der Waals surface area (Å²) in [5.74, 6) is -0.0153. The van der Waals surface area contributed by atoms with E-state index in [0.717, 1.165) is 19.0 Å². The molecule has 25 heavy (non-hydrogen) atoms. The molecule has 1 aliphatic heterocycles. The largest absolute Gasteiger partial charge is 0.451 e. The summed E-state index contributed by atoms with van der Waals surface area (Å²) in [6, 6.07) is 10.3. The summed E-state index contributed by atoms with van der Waals surface area (Å²) >= 11 is 0. The SMILES string of the molecule is C[C@H]1CCCC[NH+]1CCCNC(=O)c1ccc(-c2ccccc2F)o1. The molecule has 2 N–H and O–H groups in total. The number of nitrogens with one attached hydrogen (secondary N) is 2. The lowest BCUT2D eigenvalue weighted by molar-refractivity contribution is -0.928. The van der Waals surface area contributed by atoms with Crippen LogP contribution in [0.15, 0.2) is 40.8 Å². The van der Waals surface area contributed by atoms with Crippen LogP contribution in [0.25, 0.3) is 11.3 Å². The van der Waals surface area contributed by atoms with Crippen LogP contribution in [0, 0.1) is 5.82 Å². The minimum Gasteiger partial charge on any atom is -0.451 e. The molecular weight excluding hydrogens is 319 g/mol. The van der Waals surface area contributed by atoms with E-state index < -0.39 is 0 Å². The fraction of sp³-hybridized carbons (Fsp3) is 0.450. The van der Waals surface area contributed by atoms with Crippen molar-refractivity contribution in [1.29, 1.82) is 0 Å². The van der Waals surface area contributed by atoms with Crippen molar-refractivity contribution in [3.63, 3.8) is 0 Å². The Balaban J connectivity index is 1.48. The van der Waals surface area contributed by atoms with Gasteiger partial charge in [0.05, 0.1) is 24.7 Å². The molecule has 1 unspecified atom stereocenters. The van der Waals surface area contributed by atoms with Crippen molar-refractivity contribution in [2.45, 2.75) is 38.6 Å². The molecule has 0 radical (unpaired) electrons. The van der Waals surface area contributed by atoms with E-state index in [4.69, 9.17) is 4.42 Å². The van der Waals surface area contributed by atoms with E-state index in [1.165, 1.54) is 31.9 Å². The molecule has 4 nitrogen and oxygen atoms in total. The van der Waals surface area contributed by atoms with Gasteiger partial charge in [-0.3, -0.25) is 4.79 Å². The topological polar surface area (TPSA) is 46.7 Å². The molecule has 1 saturated heterocycles. The van der Waals surface area contributed by atoms with Crippen LogP contribution in [-0.4, -0.2) is 31.6 Å². The molecule has 2 aromatic rings. The Morgan fingerprint density at radius 3 is 2.92 bits per heavy atom. The van der Waals surface area contributed by atoms with Crippen LogP contribution in [0.3, 0.4) is 0 Å². The average molecular weight is 345 g/mol. The van der Waals surface area contributed by atoms with Gasteiger partial charge in [-0.05, 0) is 50.5 Å². The molecular formula is C20H26FN2O2+. The van der Waals surface area contributed by atoms with Crippen molar-refractivity contribution in [1.82, 2.24) is 5.32 Å². The number of halogens is 1. The van der Waals surface area contributed by atoms with Gasteiger partial charge in [0, 0.05) is 13.0 Å². The minimum absolute atomic E-state index is 0.219. The lowest BCUT2D eigenvalue weighted by Gasteiger charge is -2.30. The number of benzene rings is 1. The monoisotopic (exact) mass is 345 g/mol. The van der Waals surface area contributed by atoms with Gasteiger partial charge >= 0.3 is 0 Å². The molecule has 134 valence electrons. The summed E-state index contributed by atoms with van der Waals surface area (Å²) in [6.45, 7) is 5.25. The first-order chi connectivity index (χ1) is 12.1. The fourth-order valence-corrected chi connectivity index (χ4v) is 3.49. The number of furan rings is 1. The van der Waals surface area contributed by atoms with Gasteiger partial charge in [-0.1, -0.05) is 12.1 Å². The van der Waals surface area contributed by atoms with Gasteiger partial charge in [0.1, 0.15) is 11.6 Å². The van der Waals surface area contributed by atoms with Gasteiger partial charge in [0.15, 0.2) is 5.76 Å². The number of likely N-dealkylation sites (tertiary alicyclic amines) is 1. The smallest absolute Gasteiger partial charge is 0.287 e. The van der Waals surface area contributed by atoms with Crippen molar-refractivity contribution in [3.8, 4) is 11.3 Å². The third-order valence-corrected chi connectivity index (χ3v) is 5.01. The van der Waals surface area contributed by atoms with Crippen molar-refractivity contribution < 1.29 is 18.5 Å². The minimum atomic E-state index is -0.359. The molecule has 1 aliphatic rings. The summed E-state index contributed by atoms with van der Waals surface area (Å²) in [5.41, 5.74) is 0.365. The van der Waals surface area contributed by atoms with E-state index in [0.29, 0.717) is 17.9 Å². The summed E-state index contributed by atoms with van der Waals surface area (Å²) in [5, 5.41) is 2.89. The van der Waals surface area contributed by atoms with E-state index in [1.54, 1.807) is 35.2 Å². The van der Waals surface area contributed by atoms with Crippen LogP contribution in [-0.2, 0) is 0 Å². The Kier molecular flexibility index (Phi) is 5.87. The molecule has 1 aromatic heterocycles. The molecule has 2 atom stereocenters. The van der Waals surface area contributed by atoms with Crippen molar-refractivity contribution >= 4 is 5.91 Å². The quantitative estimate of drug-likeness (QED) is 0.791. The number of quaternary nitrogens is 1. The number of hydrogen-bond donors (Lipinski definition) is 2. The molecule has 1 aromatic carbocycles. The predicted octanol–water partition coefficient (Wildman–Crippen LogP) is 2.66. The highest BCUT2D eigenvalue weighted by Gasteiger charge is 2.21. The second-order valence-electron chi connectivity index (χ2n) is 6.81. The van der Waals surface area contributed by atoms with Gasteiger partial charge < -0.3 is 14.6 Å². The number of carbonyl (C=O) groups excluding carboxylic acids is 1. The third-order valence-electron chi connectivity index (χ3n) is 5.01. The molecule has 1 fully saturated rings. The average Bonchev–Trinajstić information content (AvgIpc) is 3.10. The molecule has 1 amide bonds. The molecule has 3 rings (SSSR count). The van der Waals surface area contributed by atoms with E-state index in [2.05, 4.69) is 12.2 Å². The Bertz CT molecular complexity index is 713. The highest BCUT2D eigenvalue weighted by atomic mass is 19.1. The lowest BCUT2D eigenvalue weighted by Crippen LogP contribution is -3.16. The van der Waals surface area contributed by atoms with Crippen molar-refractivity contribution in [2.24, 2.45) is 0 Å². The summed E-state index contributed by atoms with van der Waals surface area (Å²) in [4.78, 5) is 13.8. The van der Waals surface area contributed by atoms with E-state index in [1.807, 2.05) is 0 Å². The first-order valence-electron chi connectivity index (χ1n) is 9.12. The maximum absolute atomic E-state index is 13.8. The van der Waals surface area contributed by atoms with E-state index >= 15 is 0 Å². The van der Waals surface area contributed by atoms with E-state index in [9.17, 15) is 9.18 Å². The lowest BCUT2D eigenvalue weighted by atomic mass is 10.0. The third kappa shape index (κ3) is 4.48. The second-order valence-corrected chi connectivity index (χ2v) is 6.81. The molecule has 0 aliphatic carbocycles. The number of piperidine rings is 1. The molecule has 2 heterocycles. The Morgan fingerprint density at radius 1 is 1.28 bits per heavy atom. The zero-order chi connectivity index (χ0) is 17.6. The van der Waals surface area contributed by atoms with Crippen LogP contribution in [0.4, 0.5) is 4.39 Å². The van der Waals surface area contributed by atoms with Gasteiger partial charge in [-0.25, -0.2) is 4.39 Å². The van der Waals surface area contributed by atoms with Crippen molar-refractivity contribution in [3.05, 3.63) is 48.0 Å². The predicted molar refractivity (Wildman–Crippen MR) is 95.1 cm³/mol. The maximum atomic E-state index is 13.8. The normalized spacial score (nSPS) is 20.4. The molecule has 0 spiro atoms. The van der Waals surface area contributed by atoms with Crippen LogP contribution < -0.4 is 10.2 Å². The molecule has 5 heteroatoms. The molecule has 0 bridgehead atoms. The van der Waals surface area contributed by atoms with Gasteiger partial charge in [0.25, 0.3) is 5.91 Å². The van der Waals surface area contributed by atoms with Gasteiger partial charge in [0.2, 0.25) is 0 Å². The first kappa shape index (κ1) is 17.7. The molecule has 0 saturated carbocycles. The maximum Gasteiger partial charge on any atom is 0.287 e. The van der Waals surface area contributed by atoms with Crippen LogP contribution in [0.1, 0.15) is 43.2 Å². The van der Waals surface area contributed by atoms with Crippen LogP contribution in [0.5, 0.6) is 0 Å². The number of amides is 1. The van der Waals surface area contributed by atoms with Gasteiger partial charge in [-0.15, -0.1) is 0 Å². The Morgan fingerprint density at radius 2 is 2.12 bits per heavy atom. The zero-order valence-corrected chi connectivity index (χ0v) is 14.7. The first-order valence-corrected chi connectivity index (χ1v) is 9.12. The van der Waals surface area contributed by atoms with Gasteiger partial charge in [-0.2, -0.15) is 0 Å². The van der Waals surface area contributed by atoms with Crippen molar-refractivity contribution in [2.75, 3.05) is 19.6 Å². The van der Waals surface area contributed by atoms with E-state index in [-0.39, 0.29) is 17.5 Å². The summed E-state index contributed by atoms with van der Waals surface area (Å²) < 4.78 is 19.3. The number of carbonyl (C=O) groups is 1.